The van der Waals surface area contributed by atoms with Gasteiger partial charge in [0.15, 0.2) is 0 Å². The molecule has 1 unspecified atom stereocenters. The van der Waals surface area contributed by atoms with Crippen LogP contribution in [0.25, 0.3) is 0 Å². The number of fused-ring (bicyclic) bond motifs is 1. The van der Waals surface area contributed by atoms with Crippen LogP contribution in [0, 0.1) is 0 Å². The van der Waals surface area contributed by atoms with Gasteiger partial charge in [-0.2, -0.15) is 0 Å². The van der Waals surface area contributed by atoms with E-state index < -0.39 is 12.1 Å². The first kappa shape index (κ1) is 28.5. The fourth-order valence-electron chi connectivity index (χ4n) is 5.41. The Balaban J connectivity index is 1.46. The summed E-state index contributed by atoms with van der Waals surface area (Å²) in [5.74, 6) is -0.358. The summed E-state index contributed by atoms with van der Waals surface area (Å²) in [6, 6.07) is 24.9. The number of nitrogens with one attached hydrogen (secondary N) is 2. The Kier molecular flexibility index (Phi) is 10.3. The molecule has 0 fully saturated rings. The zero-order valence-electron chi connectivity index (χ0n) is 23.1. The van der Waals surface area contributed by atoms with Crippen molar-refractivity contribution in [3.63, 3.8) is 0 Å². The van der Waals surface area contributed by atoms with Crippen LogP contribution in [0.1, 0.15) is 76.6 Å². The van der Waals surface area contributed by atoms with E-state index in [-0.39, 0.29) is 17.9 Å². The third-order valence-corrected chi connectivity index (χ3v) is 7.43. The molecule has 3 aromatic rings. The zero-order valence-corrected chi connectivity index (χ0v) is 23.1. The summed E-state index contributed by atoms with van der Waals surface area (Å²) in [6.45, 7) is 5.84. The van der Waals surface area contributed by atoms with E-state index in [0.717, 1.165) is 31.2 Å². The van der Waals surface area contributed by atoms with Crippen molar-refractivity contribution in [2.45, 2.75) is 64.1 Å². The first-order valence-electron chi connectivity index (χ1n) is 14.2. The molecule has 6 heteroatoms. The maximum atomic E-state index is 13.4. The number of carbonyl (C=O) groups is 2. The van der Waals surface area contributed by atoms with Gasteiger partial charge in [-0.15, -0.1) is 0 Å². The van der Waals surface area contributed by atoms with Crippen LogP contribution < -0.4 is 10.6 Å². The highest BCUT2D eigenvalue weighted by Gasteiger charge is 2.26. The average Bonchev–Trinajstić information content (AvgIpc) is 3.38. The van der Waals surface area contributed by atoms with Crippen molar-refractivity contribution in [3.8, 4) is 0 Å². The Bertz CT molecular complexity index is 1220. The molecule has 3 N–H and O–H groups in total. The van der Waals surface area contributed by atoms with Crippen molar-refractivity contribution in [3.05, 3.63) is 107 Å². The van der Waals surface area contributed by atoms with E-state index in [2.05, 4.69) is 48.7 Å². The van der Waals surface area contributed by atoms with Crippen molar-refractivity contribution in [1.82, 2.24) is 15.5 Å². The molecule has 0 spiro atoms. The molecule has 1 aliphatic carbocycles. The number of carbonyl (C=O) groups excluding carboxylic acids is 2. The minimum absolute atomic E-state index is 0.0599. The maximum Gasteiger partial charge on any atom is 0.253 e. The lowest BCUT2D eigenvalue weighted by Gasteiger charge is -2.26. The lowest BCUT2D eigenvalue weighted by Crippen LogP contribution is -2.49. The number of hydrogen-bond donors (Lipinski definition) is 3. The second-order valence-corrected chi connectivity index (χ2v) is 10.4. The molecule has 0 aliphatic heterocycles. The fourth-order valence-corrected chi connectivity index (χ4v) is 5.41. The lowest BCUT2D eigenvalue weighted by molar-refractivity contribution is 0.0755. The Morgan fingerprint density at radius 1 is 0.923 bits per heavy atom. The van der Waals surface area contributed by atoms with E-state index in [9.17, 15) is 14.7 Å². The molecule has 3 atom stereocenters. The van der Waals surface area contributed by atoms with Crippen LogP contribution in [0.3, 0.4) is 0 Å². The van der Waals surface area contributed by atoms with E-state index in [1.807, 2.05) is 35.2 Å². The highest BCUT2D eigenvalue weighted by molar-refractivity contribution is 5.99. The van der Waals surface area contributed by atoms with Crippen molar-refractivity contribution in [2.24, 2.45) is 0 Å². The van der Waals surface area contributed by atoms with E-state index in [0.29, 0.717) is 37.2 Å². The van der Waals surface area contributed by atoms with Crippen LogP contribution in [-0.4, -0.2) is 53.6 Å². The molecule has 0 radical (unpaired) electrons. The van der Waals surface area contributed by atoms with Crippen LogP contribution in [-0.2, 0) is 12.8 Å². The second kappa shape index (κ2) is 14.1. The molecular weight excluding hydrogens is 486 g/mol. The number of aliphatic hydroxyl groups is 1. The molecule has 0 aromatic heterocycles. The van der Waals surface area contributed by atoms with Gasteiger partial charge in [-0.25, -0.2) is 0 Å². The summed E-state index contributed by atoms with van der Waals surface area (Å²) in [4.78, 5) is 28.4. The Morgan fingerprint density at radius 2 is 1.62 bits per heavy atom. The van der Waals surface area contributed by atoms with Gasteiger partial charge in [0.05, 0.1) is 12.1 Å². The highest BCUT2D eigenvalue weighted by atomic mass is 16.3. The summed E-state index contributed by atoms with van der Waals surface area (Å²) < 4.78 is 0. The van der Waals surface area contributed by atoms with Crippen molar-refractivity contribution in [2.75, 3.05) is 19.6 Å². The van der Waals surface area contributed by atoms with E-state index in [4.69, 9.17) is 0 Å². The number of nitrogens with zero attached hydrogens (tertiary/aromatic N) is 1. The van der Waals surface area contributed by atoms with Gasteiger partial charge in [0.2, 0.25) is 0 Å². The lowest BCUT2D eigenvalue weighted by atomic mass is 9.99. The van der Waals surface area contributed by atoms with Gasteiger partial charge in [0, 0.05) is 36.8 Å². The molecular formula is C33H41N3O3. The standard InChI is InChI=1S/C33H41N3O3/c1-3-19-36(20-4-2)33(39)27-15-10-14-26(22-27)32(38)35-30(21-24-11-6-5-7-12-24)31(37)23-34-29-18-17-25-13-8-9-16-28(25)29/h5-16,22,29-31,34,37H,3-4,17-21,23H2,1-2H3,(H,35,38)/t29?,30-,31+/m0/s1. The number of aryl methyl sites for hydroxylation is 1. The zero-order chi connectivity index (χ0) is 27.6. The molecule has 6 nitrogen and oxygen atoms in total. The minimum atomic E-state index is -0.795. The largest absolute Gasteiger partial charge is 0.390 e. The van der Waals surface area contributed by atoms with Crippen LogP contribution in [0.4, 0.5) is 0 Å². The van der Waals surface area contributed by atoms with E-state index in [1.165, 1.54) is 11.1 Å². The smallest absolute Gasteiger partial charge is 0.253 e. The first-order chi connectivity index (χ1) is 19.0. The predicted octanol–water partition coefficient (Wildman–Crippen LogP) is 4.93. The maximum absolute atomic E-state index is 13.4. The number of aliphatic hydroxyl groups excluding tert-OH is 1. The van der Waals surface area contributed by atoms with Gasteiger partial charge >= 0.3 is 0 Å². The molecule has 4 rings (SSSR count). The van der Waals surface area contributed by atoms with Crippen LogP contribution in [0.2, 0.25) is 0 Å². The first-order valence-corrected chi connectivity index (χ1v) is 14.2. The molecule has 0 saturated carbocycles. The van der Waals surface area contributed by atoms with Gasteiger partial charge in [0.25, 0.3) is 11.8 Å². The van der Waals surface area contributed by atoms with Gasteiger partial charge in [0.1, 0.15) is 0 Å². The molecule has 2 amide bonds. The summed E-state index contributed by atoms with van der Waals surface area (Å²) in [6.07, 6.45) is 3.48. The Hall–Kier alpha value is -3.48. The monoisotopic (exact) mass is 527 g/mol. The Morgan fingerprint density at radius 3 is 2.36 bits per heavy atom. The third kappa shape index (κ3) is 7.55. The third-order valence-electron chi connectivity index (χ3n) is 7.43. The molecule has 1 aliphatic rings. The summed E-state index contributed by atoms with van der Waals surface area (Å²) >= 11 is 0. The van der Waals surface area contributed by atoms with Crippen molar-refractivity contribution in [1.29, 1.82) is 0 Å². The highest BCUT2D eigenvalue weighted by Crippen LogP contribution is 2.30. The molecule has 0 saturated heterocycles. The number of rotatable bonds is 13. The molecule has 0 bridgehead atoms. The normalized spacial score (nSPS) is 15.8. The van der Waals surface area contributed by atoms with Gasteiger partial charge in [-0.1, -0.05) is 74.5 Å². The van der Waals surface area contributed by atoms with E-state index >= 15 is 0 Å². The SMILES string of the molecule is CCCN(CCC)C(=O)c1cccc(C(=O)N[C@@H](Cc2ccccc2)[C@H](O)CNC2CCc3ccccc32)c1. The van der Waals surface area contributed by atoms with Crippen LogP contribution >= 0.6 is 0 Å². The predicted molar refractivity (Wildman–Crippen MR) is 156 cm³/mol. The minimum Gasteiger partial charge on any atom is -0.390 e. The summed E-state index contributed by atoms with van der Waals surface area (Å²) in [5.41, 5.74) is 4.59. The Labute approximate surface area is 232 Å². The summed E-state index contributed by atoms with van der Waals surface area (Å²) in [5, 5.41) is 17.9. The second-order valence-electron chi connectivity index (χ2n) is 10.4. The summed E-state index contributed by atoms with van der Waals surface area (Å²) in [7, 11) is 0. The van der Waals surface area contributed by atoms with E-state index in [1.54, 1.807) is 24.3 Å². The fraction of sp³-hybridized carbons (Fsp3) is 0.394. The van der Waals surface area contributed by atoms with Crippen LogP contribution in [0.5, 0.6) is 0 Å². The average molecular weight is 528 g/mol. The van der Waals surface area contributed by atoms with Gasteiger partial charge in [-0.3, -0.25) is 9.59 Å². The topological polar surface area (TPSA) is 81.7 Å². The number of benzene rings is 3. The molecule has 3 aromatic carbocycles. The van der Waals surface area contributed by atoms with Crippen LogP contribution in [0.15, 0.2) is 78.9 Å². The molecule has 39 heavy (non-hydrogen) atoms. The molecule has 206 valence electrons. The van der Waals surface area contributed by atoms with Crippen molar-refractivity contribution < 1.29 is 14.7 Å². The van der Waals surface area contributed by atoms with Gasteiger partial charge < -0.3 is 20.6 Å². The quantitative estimate of drug-likeness (QED) is 0.295. The number of amides is 2. The van der Waals surface area contributed by atoms with Crippen molar-refractivity contribution >= 4 is 11.8 Å². The number of hydrogen-bond acceptors (Lipinski definition) is 4. The van der Waals surface area contributed by atoms with Gasteiger partial charge in [-0.05, 0) is 67.0 Å². The molecule has 0 heterocycles.